The number of fused-ring (bicyclic) bond motifs is 1. The van der Waals surface area contributed by atoms with Crippen LogP contribution in [0.5, 0.6) is 5.75 Å². The number of hydrogen-bond acceptors (Lipinski definition) is 2. The zero-order valence-corrected chi connectivity index (χ0v) is 10.1. The minimum absolute atomic E-state index is 0.00520. The Balaban J connectivity index is 2.45. The van der Waals surface area contributed by atoms with Crippen LogP contribution >= 0.6 is 0 Å². The van der Waals surface area contributed by atoms with Crippen molar-refractivity contribution in [1.82, 2.24) is 0 Å². The lowest BCUT2D eigenvalue weighted by molar-refractivity contribution is -0.0105. The lowest BCUT2D eigenvalue weighted by atomic mass is 10.0. The maximum absolute atomic E-state index is 13.7. The molecule has 0 radical (unpaired) electrons. The van der Waals surface area contributed by atoms with Crippen molar-refractivity contribution in [3.63, 3.8) is 0 Å². The third kappa shape index (κ3) is 2.43. The summed E-state index contributed by atoms with van der Waals surface area (Å²) in [5.74, 6) is -2.16. The molecule has 0 fully saturated rings. The van der Waals surface area contributed by atoms with Gasteiger partial charge in [-0.15, -0.1) is 0 Å². The van der Waals surface area contributed by atoms with E-state index in [4.69, 9.17) is 10.5 Å². The molecule has 2 aromatic carbocycles. The largest absolute Gasteiger partial charge is 0.497 e. The van der Waals surface area contributed by atoms with Gasteiger partial charge in [0.1, 0.15) is 5.75 Å². The normalized spacial score (nSPS) is 11.8. The second-order valence-electron chi connectivity index (χ2n) is 4.17. The second kappa shape index (κ2) is 4.90. The molecule has 0 heterocycles. The standard InChI is InChI=1S/C14H15F2NO/c1-18-13-5-3-10-8-12(4-2-11(10)9-13)14(15,16)6-7-17/h2-5,8-9H,6-7,17H2,1H3. The predicted octanol–water partition coefficient (Wildman–Crippen LogP) is 3.29. The van der Waals surface area contributed by atoms with E-state index < -0.39 is 5.92 Å². The highest BCUT2D eigenvalue weighted by Gasteiger charge is 2.30. The summed E-state index contributed by atoms with van der Waals surface area (Å²) in [6.07, 6.45) is -0.339. The Bertz CT molecular complexity index is 554. The SMILES string of the molecule is COc1ccc2cc(C(F)(F)CCN)ccc2c1. The molecule has 0 saturated carbocycles. The van der Waals surface area contributed by atoms with Crippen molar-refractivity contribution in [2.24, 2.45) is 5.73 Å². The van der Waals surface area contributed by atoms with Crippen molar-refractivity contribution in [1.29, 1.82) is 0 Å². The molecular weight excluding hydrogens is 236 g/mol. The minimum Gasteiger partial charge on any atom is -0.497 e. The van der Waals surface area contributed by atoms with Crippen LogP contribution in [0.3, 0.4) is 0 Å². The molecule has 0 bridgehead atoms. The van der Waals surface area contributed by atoms with Gasteiger partial charge in [0.05, 0.1) is 7.11 Å². The monoisotopic (exact) mass is 251 g/mol. The molecule has 0 aromatic heterocycles. The van der Waals surface area contributed by atoms with Crippen molar-refractivity contribution < 1.29 is 13.5 Å². The Morgan fingerprint density at radius 2 is 1.78 bits per heavy atom. The third-order valence-corrected chi connectivity index (χ3v) is 2.93. The molecule has 4 heteroatoms. The number of nitrogens with two attached hydrogens (primary N) is 1. The summed E-state index contributed by atoms with van der Waals surface area (Å²) in [4.78, 5) is 0. The molecular formula is C14H15F2NO. The van der Waals surface area contributed by atoms with E-state index in [1.54, 1.807) is 25.3 Å². The zero-order chi connectivity index (χ0) is 13.2. The molecule has 0 saturated heterocycles. The number of halogens is 2. The molecule has 0 aliphatic carbocycles. The van der Waals surface area contributed by atoms with E-state index in [1.807, 2.05) is 6.07 Å². The highest BCUT2D eigenvalue weighted by molar-refractivity contribution is 5.84. The Morgan fingerprint density at radius 3 is 2.44 bits per heavy atom. The second-order valence-corrected chi connectivity index (χ2v) is 4.17. The van der Waals surface area contributed by atoms with Crippen LogP contribution < -0.4 is 10.5 Å². The average molecular weight is 251 g/mol. The fourth-order valence-electron chi connectivity index (χ4n) is 1.90. The Labute approximate surface area is 104 Å². The van der Waals surface area contributed by atoms with E-state index in [1.165, 1.54) is 12.1 Å². The number of hydrogen-bond donors (Lipinski definition) is 1. The summed E-state index contributed by atoms with van der Waals surface area (Å²) in [6, 6.07) is 9.98. The van der Waals surface area contributed by atoms with Gasteiger partial charge in [0, 0.05) is 12.0 Å². The van der Waals surface area contributed by atoms with E-state index >= 15 is 0 Å². The molecule has 0 unspecified atom stereocenters. The third-order valence-electron chi connectivity index (χ3n) is 2.93. The van der Waals surface area contributed by atoms with Crippen molar-refractivity contribution in [3.05, 3.63) is 42.0 Å². The zero-order valence-electron chi connectivity index (χ0n) is 10.1. The van der Waals surface area contributed by atoms with Gasteiger partial charge in [-0.2, -0.15) is 0 Å². The maximum Gasteiger partial charge on any atom is 0.274 e. The summed E-state index contributed by atoms with van der Waals surface area (Å²) in [5.41, 5.74) is 5.21. The molecule has 0 spiro atoms. The van der Waals surface area contributed by atoms with E-state index in [2.05, 4.69) is 0 Å². The molecule has 2 N–H and O–H groups in total. The van der Waals surface area contributed by atoms with Crippen LogP contribution in [-0.4, -0.2) is 13.7 Å². The van der Waals surface area contributed by atoms with Gasteiger partial charge in [-0.25, -0.2) is 8.78 Å². The summed E-state index contributed by atoms with van der Waals surface area (Å²) >= 11 is 0. The summed E-state index contributed by atoms with van der Waals surface area (Å²) in [5, 5.41) is 1.65. The summed E-state index contributed by atoms with van der Waals surface area (Å²) in [7, 11) is 1.57. The Kier molecular flexibility index (Phi) is 3.48. The molecule has 2 rings (SSSR count). The van der Waals surface area contributed by atoms with E-state index in [-0.39, 0.29) is 18.5 Å². The quantitative estimate of drug-likeness (QED) is 0.905. The first-order chi connectivity index (χ1) is 8.56. The van der Waals surface area contributed by atoms with Crippen LogP contribution in [0.15, 0.2) is 36.4 Å². The minimum atomic E-state index is -2.87. The fraction of sp³-hybridized carbons (Fsp3) is 0.286. The van der Waals surface area contributed by atoms with Crippen LogP contribution in [0.4, 0.5) is 8.78 Å². The first-order valence-corrected chi connectivity index (χ1v) is 5.73. The van der Waals surface area contributed by atoms with Gasteiger partial charge < -0.3 is 10.5 Å². The number of methoxy groups -OCH3 is 1. The molecule has 0 atom stereocenters. The summed E-state index contributed by atoms with van der Waals surface area (Å²) in [6.45, 7) is -0.0341. The van der Waals surface area contributed by atoms with Crippen molar-refractivity contribution in [2.45, 2.75) is 12.3 Å². The van der Waals surface area contributed by atoms with Crippen molar-refractivity contribution in [2.75, 3.05) is 13.7 Å². The highest BCUT2D eigenvalue weighted by Crippen LogP contribution is 2.33. The van der Waals surface area contributed by atoms with Crippen molar-refractivity contribution in [3.8, 4) is 5.75 Å². The van der Waals surface area contributed by atoms with E-state index in [9.17, 15) is 8.78 Å². The molecule has 96 valence electrons. The molecule has 0 aliphatic rings. The maximum atomic E-state index is 13.7. The topological polar surface area (TPSA) is 35.2 Å². The summed E-state index contributed by atoms with van der Waals surface area (Å²) < 4.78 is 32.5. The molecule has 0 aliphatic heterocycles. The van der Waals surface area contributed by atoms with Gasteiger partial charge >= 0.3 is 0 Å². The smallest absolute Gasteiger partial charge is 0.274 e. The van der Waals surface area contributed by atoms with Gasteiger partial charge in [0.15, 0.2) is 0 Å². The van der Waals surface area contributed by atoms with Gasteiger partial charge in [-0.3, -0.25) is 0 Å². The van der Waals surface area contributed by atoms with Crippen LogP contribution in [0.2, 0.25) is 0 Å². The number of rotatable bonds is 4. The van der Waals surface area contributed by atoms with Crippen LogP contribution in [0.25, 0.3) is 10.8 Å². The van der Waals surface area contributed by atoms with Crippen LogP contribution in [-0.2, 0) is 5.92 Å². The number of alkyl halides is 2. The van der Waals surface area contributed by atoms with Crippen LogP contribution in [0.1, 0.15) is 12.0 Å². The highest BCUT2D eigenvalue weighted by atomic mass is 19.3. The first kappa shape index (κ1) is 12.8. The number of benzene rings is 2. The Hall–Kier alpha value is -1.68. The molecule has 2 nitrogen and oxygen atoms in total. The lowest BCUT2D eigenvalue weighted by Crippen LogP contribution is -2.18. The fourth-order valence-corrected chi connectivity index (χ4v) is 1.90. The predicted molar refractivity (Wildman–Crippen MR) is 68.1 cm³/mol. The van der Waals surface area contributed by atoms with Gasteiger partial charge in [-0.1, -0.05) is 18.2 Å². The first-order valence-electron chi connectivity index (χ1n) is 5.73. The van der Waals surface area contributed by atoms with Gasteiger partial charge in [0.2, 0.25) is 0 Å². The van der Waals surface area contributed by atoms with E-state index in [0.717, 1.165) is 10.8 Å². The van der Waals surface area contributed by atoms with Gasteiger partial charge in [0.25, 0.3) is 5.92 Å². The van der Waals surface area contributed by atoms with Crippen molar-refractivity contribution >= 4 is 10.8 Å². The van der Waals surface area contributed by atoms with E-state index in [0.29, 0.717) is 5.75 Å². The lowest BCUT2D eigenvalue weighted by Gasteiger charge is -2.16. The molecule has 0 amide bonds. The van der Waals surface area contributed by atoms with Gasteiger partial charge in [-0.05, 0) is 35.5 Å². The van der Waals surface area contributed by atoms with Crippen LogP contribution in [0, 0.1) is 0 Å². The number of ether oxygens (including phenoxy) is 1. The molecule has 2 aromatic rings. The molecule has 18 heavy (non-hydrogen) atoms. The Morgan fingerprint density at radius 1 is 1.11 bits per heavy atom. The average Bonchev–Trinajstić information content (AvgIpc) is 2.37.